The van der Waals surface area contributed by atoms with Crippen molar-refractivity contribution in [1.29, 1.82) is 10.8 Å². The third-order valence-corrected chi connectivity index (χ3v) is 0.552. The molecule has 0 aliphatic carbocycles. The molecule has 0 fully saturated rings. The van der Waals surface area contributed by atoms with Gasteiger partial charge in [-0.2, -0.15) is 10.8 Å². The fraction of sp³-hybridized carbons (Fsp3) is 0.500. The van der Waals surface area contributed by atoms with Gasteiger partial charge < -0.3 is 0 Å². The first-order chi connectivity index (χ1) is 3.81. The Kier molecular flexibility index (Phi) is 3.32. The molecule has 0 heterocycles. The summed E-state index contributed by atoms with van der Waals surface area (Å²) in [5.41, 5.74) is 6.19. The molecule has 0 aromatic rings. The van der Waals surface area contributed by atoms with Crippen LogP contribution < -0.4 is 0 Å². The van der Waals surface area contributed by atoms with Crippen LogP contribution in [0.1, 0.15) is 6.92 Å². The van der Waals surface area contributed by atoms with E-state index in [4.69, 9.17) is 10.8 Å². The molecule has 0 aliphatic heterocycles. The van der Waals surface area contributed by atoms with Crippen LogP contribution in [0.3, 0.4) is 0 Å². The van der Waals surface area contributed by atoms with E-state index >= 15 is 0 Å². The summed E-state index contributed by atoms with van der Waals surface area (Å²) in [5, 5.41) is 14.0. The molecule has 0 amide bonds. The largest absolute Gasteiger partial charge is 0.198 e. The summed E-state index contributed by atoms with van der Waals surface area (Å²) in [7, 11) is 0. The molecular weight excluding hydrogens is 104 g/mol. The van der Waals surface area contributed by atoms with Crippen LogP contribution in [-0.4, -0.2) is 6.21 Å². The maximum Gasteiger partial charge on any atom is 0.0806 e. The van der Waals surface area contributed by atoms with Crippen molar-refractivity contribution in [3.63, 3.8) is 0 Å². The maximum atomic E-state index is 8.12. The zero-order valence-electron chi connectivity index (χ0n) is 4.50. The molecule has 8 heavy (non-hydrogen) atoms. The Balaban J connectivity index is 3.56. The molecule has 4 nitrogen and oxygen atoms in total. The lowest BCUT2D eigenvalue weighted by atomic mass is 10.2. The second-order valence-electron chi connectivity index (χ2n) is 1.28. The Bertz CT molecular complexity index is 131. The van der Waals surface area contributed by atoms with Crippen LogP contribution in [0.4, 0.5) is 0 Å². The quantitative estimate of drug-likeness (QED) is 0.323. The molecule has 0 rings (SSSR count). The number of hydrogen-bond donors (Lipinski definition) is 1. The van der Waals surface area contributed by atoms with Crippen molar-refractivity contribution >= 4 is 6.21 Å². The van der Waals surface area contributed by atoms with Gasteiger partial charge in [-0.05, 0) is 6.92 Å². The smallest absolute Gasteiger partial charge is 0.0806 e. The van der Waals surface area contributed by atoms with Crippen LogP contribution >= 0.6 is 0 Å². The minimum absolute atomic E-state index is 0.246. The predicted molar refractivity (Wildman–Crippen MR) is 28.4 cm³/mol. The van der Waals surface area contributed by atoms with Gasteiger partial charge in [-0.3, -0.25) is 0 Å². The Labute approximate surface area is 47.3 Å². The predicted octanol–water partition coefficient (Wildman–Crippen LogP) is 1.16. The molecule has 0 radical (unpaired) electrons. The maximum absolute atomic E-state index is 8.12. The van der Waals surface area contributed by atoms with Gasteiger partial charge in [-0.15, -0.1) is 5.10 Å². The standard InChI is InChI=1S/C4H6N4/c1-4(2-5)3-7-8-6/h3-4,6H,1H3. The molecule has 0 aliphatic rings. The highest BCUT2D eigenvalue weighted by molar-refractivity contribution is 5.62. The Morgan fingerprint density at radius 2 is 2.50 bits per heavy atom. The Morgan fingerprint density at radius 1 is 1.88 bits per heavy atom. The van der Waals surface area contributed by atoms with E-state index in [9.17, 15) is 0 Å². The number of nitriles is 1. The summed E-state index contributed by atoms with van der Waals surface area (Å²) >= 11 is 0. The molecule has 0 aromatic carbocycles. The van der Waals surface area contributed by atoms with Gasteiger partial charge in [0.25, 0.3) is 0 Å². The molecule has 0 saturated carbocycles. The minimum Gasteiger partial charge on any atom is -0.198 e. The lowest BCUT2D eigenvalue weighted by Gasteiger charge is -1.82. The highest BCUT2D eigenvalue weighted by Crippen LogP contribution is 1.84. The zero-order valence-corrected chi connectivity index (χ0v) is 4.50. The van der Waals surface area contributed by atoms with Gasteiger partial charge in [-0.1, -0.05) is 5.22 Å². The Hall–Kier alpha value is -1.24. The minimum atomic E-state index is -0.246. The Morgan fingerprint density at radius 3 is 2.88 bits per heavy atom. The zero-order chi connectivity index (χ0) is 6.41. The van der Waals surface area contributed by atoms with Gasteiger partial charge in [0.15, 0.2) is 0 Å². The average Bonchev–Trinajstić information content (AvgIpc) is 1.83. The monoisotopic (exact) mass is 110 g/mol. The van der Waals surface area contributed by atoms with Crippen molar-refractivity contribution in [3.05, 3.63) is 0 Å². The molecule has 42 valence electrons. The summed E-state index contributed by atoms with van der Waals surface area (Å²) in [6, 6.07) is 1.91. The van der Waals surface area contributed by atoms with Crippen molar-refractivity contribution in [2.24, 2.45) is 16.2 Å². The number of hydrogen-bond acceptors (Lipinski definition) is 3. The summed E-state index contributed by atoms with van der Waals surface area (Å²) < 4.78 is 0. The number of nitrogens with one attached hydrogen (secondary N) is 1. The first-order valence-corrected chi connectivity index (χ1v) is 2.10. The van der Waals surface area contributed by atoms with E-state index in [0.29, 0.717) is 0 Å². The lowest BCUT2D eigenvalue weighted by Crippen LogP contribution is -1.87. The fourth-order valence-corrected chi connectivity index (χ4v) is 0.167. The van der Waals surface area contributed by atoms with Gasteiger partial charge in [-0.25, -0.2) is 0 Å². The van der Waals surface area contributed by atoms with E-state index < -0.39 is 0 Å². The highest BCUT2D eigenvalue weighted by Gasteiger charge is 1.88. The van der Waals surface area contributed by atoms with Crippen molar-refractivity contribution in [2.75, 3.05) is 0 Å². The van der Waals surface area contributed by atoms with E-state index in [1.807, 2.05) is 6.07 Å². The lowest BCUT2D eigenvalue weighted by molar-refractivity contribution is 0.957. The summed E-state index contributed by atoms with van der Waals surface area (Å²) in [6.45, 7) is 1.68. The van der Waals surface area contributed by atoms with Crippen LogP contribution in [-0.2, 0) is 0 Å². The molecule has 0 saturated heterocycles. The third kappa shape index (κ3) is 2.97. The normalized spacial score (nSPS) is 13.0. The van der Waals surface area contributed by atoms with Crippen molar-refractivity contribution in [2.45, 2.75) is 6.92 Å². The number of nitrogens with zero attached hydrogens (tertiary/aromatic N) is 3. The van der Waals surface area contributed by atoms with Gasteiger partial charge >= 0.3 is 0 Å². The summed E-state index contributed by atoms with van der Waals surface area (Å²) in [6.07, 6.45) is 1.31. The molecule has 1 atom stereocenters. The van der Waals surface area contributed by atoms with Gasteiger partial charge in [0.1, 0.15) is 0 Å². The van der Waals surface area contributed by atoms with E-state index in [2.05, 4.69) is 10.3 Å². The summed E-state index contributed by atoms with van der Waals surface area (Å²) in [4.78, 5) is 0. The summed E-state index contributed by atoms with van der Waals surface area (Å²) in [5.74, 6) is -0.246. The molecule has 0 spiro atoms. The van der Waals surface area contributed by atoms with Crippen LogP contribution in [0.2, 0.25) is 0 Å². The van der Waals surface area contributed by atoms with Gasteiger partial charge in [0, 0.05) is 6.21 Å². The van der Waals surface area contributed by atoms with E-state index in [1.165, 1.54) is 6.21 Å². The second kappa shape index (κ2) is 3.93. The molecule has 1 N–H and O–H groups in total. The van der Waals surface area contributed by atoms with Crippen LogP contribution in [0.15, 0.2) is 10.3 Å². The second-order valence-corrected chi connectivity index (χ2v) is 1.28. The first kappa shape index (κ1) is 6.76. The SMILES string of the molecule is CC(C#N)C=NN=N. The van der Waals surface area contributed by atoms with E-state index in [1.54, 1.807) is 6.92 Å². The topological polar surface area (TPSA) is 72.4 Å². The van der Waals surface area contributed by atoms with Gasteiger partial charge in [0.2, 0.25) is 0 Å². The third-order valence-electron chi connectivity index (χ3n) is 0.552. The molecular formula is C4H6N4. The first-order valence-electron chi connectivity index (χ1n) is 2.10. The van der Waals surface area contributed by atoms with Crippen molar-refractivity contribution < 1.29 is 0 Å². The fourth-order valence-electron chi connectivity index (χ4n) is 0.167. The molecule has 0 aromatic heterocycles. The van der Waals surface area contributed by atoms with Crippen LogP contribution in [0.5, 0.6) is 0 Å². The van der Waals surface area contributed by atoms with Crippen molar-refractivity contribution in [1.82, 2.24) is 0 Å². The van der Waals surface area contributed by atoms with Crippen molar-refractivity contribution in [3.8, 4) is 6.07 Å². The van der Waals surface area contributed by atoms with Crippen LogP contribution in [0, 0.1) is 22.8 Å². The molecule has 4 heteroatoms. The van der Waals surface area contributed by atoms with Crippen LogP contribution in [0.25, 0.3) is 0 Å². The van der Waals surface area contributed by atoms with E-state index in [-0.39, 0.29) is 5.92 Å². The average molecular weight is 110 g/mol. The van der Waals surface area contributed by atoms with E-state index in [0.717, 1.165) is 0 Å². The highest BCUT2D eigenvalue weighted by atomic mass is 15.3. The van der Waals surface area contributed by atoms with Gasteiger partial charge in [0.05, 0.1) is 12.0 Å². The molecule has 1 unspecified atom stereocenters. The molecule has 0 bridgehead atoms. The number of rotatable bonds is 2.